The second-order valence-electron chi connectivity index (χ2n) is 4.70. The number of anilines is 1. The molecule has 0 spiro atoms. The van der Waals surface area contributed by atoms with E-state index in [0.29, 0.717) is 29.7 Å². The van der Waals surface area contributed by atoms with Gasteiger partial charge in [0.15, 0.2) is 6.29 Å². The van der Waals surface area contributed by atoms with Crippen molar-refractivity contribution in [1.29, 1.82) is 0 Å². The fourth-order valence-corrected chi connectivity index (χ4v) is 2.34. The number of carbonyl (C=O) groups is 1. The molecule has 1 aliphatic rings. The molecule has 1 aliphatic heterocycles. The van der Waals surface area contributed by atoms with Crippen molar-refractivity contribution in [1.82, 2.24) is 0 Å². The summed E-state index contributed by atoms with van der Waals surface area (Å²) in [6.45, 7) is 4.98. The van der Waals surface area contributed by atoms with Crippen LogP contribution in [0.2, 0.25) is 0 Å². The highest BCUT2D eigenvalue weighted by atomic mass is 16.5. The van der Waals surface area contributed by atoms with Gasteiger partial charge in [-0.15, -0.1) is 0 Å². The molecule has 0 radical (unpaired) electrons. The van der Waals surface area contributed by atoms with E-state index in [4.69, 9.17) is 10.5 Å². The van der Waals surface area contributed by atoms with E-state index in [-0.39, 0.29) is 0 Å². The van der Waals surface area contributed by atoms with Crippen LogP contribution in [0.1, 0.15) is 42.1 Å². The van der Waals surface area contributed by atoms with Gasteiger partial charge in [-0.2, -0.15) is 0 Å². The predicted octanol–water partition coefficient (Wildman–Crippen LogP) is 2.60. The Labute approximate surface area is 95.6 Å². The Morgan fingerprint density at radius 1 is 1.44 bits per heavy atom. The molecule has 86 valence electrons. The van der Waals surface area contributed by atoms with E-state index >= 15 is 0 Å². The molecule has 1 aromatic rings. The smallest absolute Gasteiger partial charge is 0.153 e. The minimum absolute atomic E-state index is 0.384. The van der Waals surface area contributed by atoms with Gasteiger partial charge in [0.1, 0.15) is 5.75 Å². The number of hydrogen-bond donors (Lipinski definition) is 1. The summed E-state index contributed by atoms with van der Waals surface area (Å²) >= 11 is 0. The van der Waals surface area contributed by atoms with Gasteiger partial charge in [0.05, 0.1) is 12.2 Å². The number of ether oxygens (including phenoxy) is 1. The maximum atomic E-state index is 11.0. The lowest BCUT2D eigenvalue weighted by Gasteiger charge is -2.14. The van der Waals surface area contributed by atoms with Crippen molar-refractivity contribution in [2.45, 2.75) is 26.2 Å². The van der Waals surface area contributed by atoms with Crippen molar-refractivity contribution >= 4 is 12.0 Å². The molecular weight excluding hydrogens is 202 g/mol. The maximum Gasteiger partial charge on any atom is 0.153 e. The van der Waals surface area contributed by atoms with Crippen molar-refractivity contribution in [3.05, 3.63) is 23.3 Å². The Bertz CT molecular complexity index is 415. The summed E-state index contributed by atoms with van der Waals surface area (Å²) in [5.74, 6) is 1.61. The molecule has 0 fully saturated rings. The van der Waals surface area contributed by atoms with Crippen LogP contribution in [0.5, 0.6) is 5.75 Å². The number of fused-ring (bicyclic) bond motifs is 1. The van der Waals surface area contributed by atoms with Crippen LogP contribution in [0.4, 0.5) is 5.69 Å². The van der Waals surface area contributed by atoms with Gasteiger partial charge >= 0.3 is 0 Å². The van der Waals surface area contributed by atoms with Crippen LogP contribution in [0.25, 0.3) is 0 Å². The highest BCUT2D eigenvalue weighted by Crippen LogP contribution is 2.37. The molecule has 1 aromatic carbocycles. The normalized spacial score (nSPS) is 24.1. The van der Waals surface area contributed by atoms with Gasteiger partial charge in [0, 0.05) is 5.69 Å². The molecule has 3 heteroatoms. The number of hydrogen-bond acceptors (Lipinski definition) is 3. The zero-order valence-corrected chi connectivity index (χ0v) is 9.69. The molecule has 3 nitrogen and oxygen atoms in total. The largest absolute Gasteiger partial charge is 0.492 e. The number of rotatable bonds is 1. The van der Waals surface area contributed by atoms with Crippen LogP contribution in [0, 0.1) is 5.92 Å². The van der Waals surface area contributed by atoms with E-state index in [1.807, 2.05) is 6.07 Å². The third kappa shape index (κ3) is 1.90. The molecule has 0 amide bonds. The zero-order chi connectivity index (χ0) is 11.7. The Kier molecular flexibility index (Phi) is 2.86. The number of nitrogens with two attached hydrogens (primary N) is 1. The Morgan fingerprint density at radius 2 is 2.19 bits per heavy atom. The van der Waals surface area contributed by atoms with Crippen molar-refractivity contribution < 1.29 is 9.53 Å². The molecule has 2 rings (SSSR count). The third-order valence-electron chi connectivity index (χ3n) is 3.09. The quantitative estimate of drug-likeness (QED) is 0.583. The summed E-state index contributed by atoms with van der Waals surface area (Å²) in [5.41, 5.74) is 8.05. The maximum absolute atomic E-state index is 11.0. The second-order valence-corrected chi connectivity index (χ2v) is 4.70. The summed E-state index contributed by atoms with van der Waals surface area (Å²) in [7, 11) is 0. The first-order valence-corrected chi connectivity index (χ1v) is 5.63. The lowest BCUT2D eigenvalue weighted by atomic mass is 9.91. The fourth-order valence-electron chi connectivity index (χ4n) is 2.34. The van der Waals surface area contributed by atoms with Gasteiger partial charge in [-0.3, -0.25) is 4.79 Å². The fraction of sp³-hybridized carbons (Fsp3) is 0.462. The molecule has 0 bridgehead atoms. The van der Waals surface area contributed by atoms with E-state index in [1.165, 1.54) is 0 Å². The average Bonchev–Trinajstić information content (AvgIpc) is 2.38. The summed E-state index contributed by atoms with van der Waals surface area (Å²) < 4.78 is 5.72. The van der Waals surface area contributed by atoms with E-state index < -0.39 is 0 Å². The average molecular weight is 219 g/mol. The monoisotopic (exact) mass is 219 g/mol. The zero-order valence-electron chi connectivity index (χ0n) is 9.69. The predicted molar refractivity (Wildman–Crippen MR) is 63.9 cm³/mol. The molecular formula is C13H17NO2. The van der Waals surface area contributed by atoms with Crippen LogP contribution in [0.15, 0.2) is 12.1 Å². The topological polar surface area (TPSA) is 52.3 Å². The summed E-state index contributed by atoms with van der Waals surface area (Å²) in [6.07, 6.45) is 1.88. The summed E-state index contributed by atoms with van der Waals surface area (Å²) in [5, 5.41) is 0. The van der Waals surface area contributed by atoms with Gasteiger partial charge in [-0.05, 0) is 36.0 Å². The number of benzene rings is 1. The Morgan fingerprint density at radius 3 is 2.88 bits per heavy atom. The van der Waals surface area contributed by atoms with Crippen molar-refractivity contribution in [3.8, 4) is 5.75 Å². The molecule has 0 aliphatic carbocycles. The van der Waals surface area contributed by atoms with Crippen LogP contribution >= 0.6 is 0 Å². The van der Waals surface area contributed by atoms with Crippen molar-refractivity contribution in [2.24, 2.45) is 5.92 Å². The van der Waals surface area contributed by atoms with Gasteiger partial charge in [0.25, 0.3) is 0 Å². The Hall–Kier alpha value is -1.51. The van der Waals surface area contributed by atoms with E-state index in [0.717, 1.165) is 24.0 Å². The highest BCUT2D eigenvalue weighted by Gasteiger charge is 2.22. The molecule has 2 N–H and O–H groups in total. The lowest BCUT2D eigenvalue weighted by molar-refractivity contribution is 0.111. The molecule has 16 heavy (non-hydrogen) atoms. The summed E-state index contributed by atoms with van der Waals surface area (Å²) in [6, 6.07) is 3.60. The van der Waals surface area contributed by atoms with Crippen LogP contribution in [-0.2, 0) is 0 Å². The first-order chi connectivity index (χ1) is 7.61. The highest BCUT2D eigenvalue weighted by molar-refractivity contribution is 5.82. The standard InChI is InChI=1S/C13H17NO2/c1-8-3-9(2)12-5-11(14)4-10(6-15)13(12)16-7-8/h4-6,8-9H,3,7,14H2,1-2H3. The van der Waals surface area contributed by atoms with Crippen LogP contribution in [-0.4, -0.2) is 12.9 Å². The van der Waals surface area contributed by atoms with E-state index in [2.05, 4.69) is 13.8 Å². The summed E-state index contributed by atoms with van der Waals surface area (Å²) in [4.78, 5) is 11.0. The lowest BCUT2D eigenvalue weighted by Crippen LogP contribution is -2.07. The molecule has 0 aromatic heterocycles. The van der Waals surface area contributed by atoms with Gasteiger partial charge < -0.3 is 10.5 Å². The van der Waals surface area contributed by atoms with Crippen LogP contribution in [0.3, 0.4) is 0 Å². The molecule has 0 saturated heterocycles. The number of aldehydes is 1. The van der Waals surface area contributed by atoms with Crippen LogP contribution < -0.4 is 10.5 Å². The van der Waals surface area contributed by atoms with Crippen molar-refractivity contribution in [3.63, 3.8) is 0 Å². The van der Waals surface area contributed by atoms with Gasteiger partial charge in [0.2, 0.25) is 0 Å². The van der Waals surface area contributed by atoms with Gasteiger partial charge in [-0.1, -0.05) is 13.8 Å². The minimum atomic E-state index is 0.384. The number of carbonyl (C=O) groups excluding carboxylic acids is 1. The first kappa shape index (κ1) is 11.0. The first-order valence-electron chi connectivity index (χ1n) is 5.63. The number of nitrogen functional groups attached to an aromatic ring is 1. The molecule has 2 atom stereocenters. The van der Waals surface area contributed by atoms with E-state index in [9.17, 15) is 4.79 Å². The second kappa shape index (κ2) is 4.16. The molecule has 1 heterocycles. The minimum Gasteiger partial charge on any atom is -0.492 e. The van der Waals surface area contributed by atoms with Gasteiger partial charge in [-0.25, -0.2) is 0 Å². The SMILES string of the molecule is CC1COc2c(C=O)cc(N)cc2C(C)C1. The third-order valence-corrected chi connectivity index (χ3v) is 3.09. The Balaban J connectivity index is 2.53. The van der Waals surface area contributed by atoms with E-state index in [1.54, 1.807) is 6.07 Å². The molecule has 0 saturated carbocycles. The van der Waals surface area contributed by atoms with Crippen molar-refractivity contribution in [2.75, 3.05) is 12.3 Å². The molecule has 2 unspecified atom stereocenters.